The number of halogens is 2. The van der Waals surface area contributed by atoms with E-state index in [1.165, 1.54) is 12.1 Å². The molecule has 0 atom stereocenters. The number of para-hydroxylation sites is 1. The van der Waals surface area contributed by atoms with Gasteiger partial charge in [0.25, 0.3) is 10.0 Å². The highest BCUT2D eigenvalue weighted by molar-refractivity contribution is 9.10. The zero-order valence-electron chi connectivity index (χ0n) is 14.5. The summed E-state index contributed by atoms with van der Waals surface area (Å²) < 4.78 is 29.0. The predicted octanol–water partition coefficient (Wildman–Crippen LogP) is 5.05. The number of sulfonamides is 1. The van der Waals surface area contributed by atoms with E-state index in [2.05, 4.69) is 37.2 Å². The molecule has 3 aromatic carbocycles. The highest BCUT2D eigenvalue weighted by Crippen LogP contribution is 2.26. The lowest BCUT2D eigenvalue weighted by atomic mass is 10.3. The van der Waals surface area contributed by atoms with Gasteiger partial charge in [0.2, 0.25) is 5.91 Å². The van der Waals surface area contributed by atoms with Crippen LogP contribution in [0.25, 0.3) is 0 Å². The van der Waals surface area contributed by atoms with Crippen molar-refractivity contribution in [2.75, 3.05) is 16.2 Å². The highest BCUT2D eigenvalue weighted by Gasteiger charge is 2.27. The van der Waals surface area contributed by atoms with Crippen molar-refractivity contribution in [2.45, 2.75) is 4.90 Å². The number of nitrogens with one attached hydrogen (secondary N) is 1. The summed E-state index contributed by atoms with van der Waals surface area (Å²) in [6.07, 6.45) is 0. The first-order chi connectivity index (χ1) is 13.4. The number of amides is 1. The molecular weight excluding hydrogens is 508 g/mol. The zero-order chi connectivity index (χ0) is 20.1. The molecule has 0 aliphatic heterocycles. The minimum Gasteiger partial charge on any atom is -0.323 e. The lowest BCUT2D eigenvalue weighted by Crippen LogP contribution is -2.38. The van der Waals surface area contributed by atoms with Gasteiger partial charge in [-0.15, -0.1) is 0 Å². The van der Waals surface area contributed by atoms with E-state index < -0.39 is 15.9 Å². The van der Waals surface area contributed by atoms with Crippen molar-refractivity contribution in [3.05, 3.63) is 87.8 Å². The molecule has 1 N–H and O–H groups in total. The Bertz CT molecular complexity index is 1070. The minimum atomic E-state index is -3.92. The molecule has 3 aromatic rings. The van der Waals surface area contributed by atoms with Crippen LogP contribution in [0.3, 0.4) is 0 Å². The number of carbonyl (C=O) groups is 1. The summed E-state index contributed by atoms with van der Waals surface area (Å²) in [6.45, 7) is -0.361. The second-order valence-corrected chi connectivity index (χ2v) is 9.46. The van der Waals surface area contributed by atoms with Gasteiger partial charge in [-0.2, -0.15) is 0 Å². The molecule has 0 unspecified atom stereocenters. The third-order valence-electron chi connectivity index (χ3n) is 3.88. The Morgan fingerprint density at radius 3 is 2.11 bits per heavy atom. The van der Waals surface area contributed by atoms with Crippen LogP contribution >= 0.6 is 31.9 Å². The summed E-state index contributed by atoms with van der Waals surface area (Å²) >= 11 is 6.71. The normalized spacial score (nSPS) is 11.1. The SMILES string of the molecule is O=C(CN(c1ccc(Br)cc1)S(=O)(=O)c1ccccc1)Nc1ccccc1Br. The third kappa shape index (κ3) is 4.81. The summed E-state index contributed by atoms with van der Waals surface area (Å²) in [4.78, 5) is 12.8. The number of benzene rings is 3. The first-order valence-corrected chi connectivity index (χ1v) is 11.3. The number of nitrogens with zero attached hydrogens (tertiary/aromatic N) is 1. The molecule has 0 fully saturated rings. The van der Waals surface area contributed by atoms with E-state index in [9.17, 15) is 13.2 Å². The van der Waals surface area contributed by atoms with E-state index in [-0.39, 0.29) is 11.4 Å². The van der Waals surface area contributed by atoms with Crippen LogP contribution in [-0.2, 0) is 14.8 Å². The molecule has 0 radical (unpaired) electrons. The second kappa shape index (κ2) is 8.89. The van der Waals surface area contributed by atoms with Crippen LogP contribution in [-0.4, -0.2) is 20.9 Å². The summed E-state index contributed by atoms with van der Waals surface area (Å²) in [5.74, 6) is -0.450. The fraction of sp³-hybridized carbons (Fsp3) is 0.0500. The average molecular weight is 524 g/mol. The van der Waals surface area contributed by atoms with Gasteiger partial charge in [-0.3, -0.25) is 9.10 Å². The van der Waals surface area contributed by atoms with Crippen LogP contribution in [0.5, 0.6) is 0 Å². The van der Waals surface area contributed by atoms with E-state index in [1.807, 2.05) is 6.07 Å². The van der Waals surface area contributed by atoms with Crippen LogP contribution in [0, 0.1) is 0 Å². The van der Waals surface area contributed by atoms with E-state index >= 15 is 0 Å². The molecule has 0 saturated heterocycles. The van der Waals surface area contributed by atoms with Crippen molar-refractivity contribution in [3.8, 4) is 0 Å². The Balaban J connectivity index is 1.94. The van der Waals surface area contributed by atoms with E-state index in [0.29, 0.717) is 15.8 Å². The van der Waals surface area contributed by atoms with Crippen molar-refractivity contribution >= 4 is 59.2 Å². The molecule has 0 aliphatic rings. The molecule has 0 bridgehead atoms. The quantitative estimate of drug-likeness (QED) is 0.492. The number of carbonyl (C=O) groups excluding carboxylic acids is 1. The molecule has 0 heterocycles. The van der Waals surface area contributed by atoms with E-state index in [4.69, 9.17) is 0 Å². The Kier molecular flexibility index (Phi) is 6.53. The lowest BCUT2D eigenvalue weighted by Gasteiger charge is -2.24. The summed E-state index contributed by atoms with van der Waals surface area (Å²) in [6, 6.07) is 21.9. The van der Waals surface area contributed by atoms with Gasteiger partial charge in [0.15, 0.2) is 0 Å². The first-order valence-electron chi connectivity index (χ1n) is 8.25. The second-order valence-electron chi connectivity index (χ2n) is 5.83. The van der Waals surface area contributed by atoms with Crippen molar-refractivity contribution in [1.82, 2.24) is 0 Å². The Hall–Kier alpha value is -2.16. The summed E-state index contributed by atoms with van der Waals surface area (Å²) in [5.41, 5.74) is 0.967. The van der Waals surface area contributed by atoms with Crippen LogP contribution < -0.4 is 9.62 Å². The number of hydrogen-bond donors (Lipinski definition) is 1. The van der Waals surface area contributed by atoms with Gasteiger partial charge in [-0.1, -0.05) is 46.3 Å². The molecule has 0 saturated carbocycles. The molecule has 28 heavy (non-hydrogen) atoms. The van der Waals surface area contributed by atoms with Gasteiger partial charge < -0.3 is 5.32 Å². The smallest absolute Gasteiger partial charge is 0.264 e. The van der Waals surface area contributed by atoms with Gasteiger partial charge >= 0.3 is 0 Å². The topological polar surface area (TPSA) is 66.5 Å². The molecule has 0 spiro atoms. The van der Waals surface area contributed by atoms with Crippen molar-refractivity contribution in [1.29, 1.82) is 0 Å². The Morgan fingerprint density at radius 2 is 1.46 bits per heavy atom. The van der Waals surface area contributed by atoms with Gasteiger partial charge in [0, 0.05) is 8.95 Å². The van der Waals surface area contributed by atoms with Gasteiger partial charge in [0.1, 0.15) is 6.54 Å². The van der Waals surface area contributed by atoms with Crippen LogP contribution in [0.4, 0.5) is 11.4 Å². The maximum Gasteiger partial charge on any atom is 0.264 e. The minimum absolute atomic E-state index is 0.117. The molecule has 144 valence electrons. The molecule has 3 rings (SSSR count). The van der Waals surface area contributed by atoms with E-state index in [0.717, 1.165) is 8.78 Å². The van der Waals surface area contributed by atoms with Gasteiger partial charge in [-0.25, -0.2) is 8.42 Å². The third-order valence-corrected chi connectivity index (χ3v) is 6.89. The van der Waals surface area contributed by atoms with Gasteiger partial charge in [-0.05, 0) is 64.5 Å². The zero-order valence-corrected chi connectivity index (χ0v) is 18.5. The van der Waals surface area contributed by atoms with Gasteiger partial charge in [0.05, 0.1) is 16.3 Å². The molecule has 0 aromatic heterocycles. The number of hydrogen-bond acceptors (Lipinski definition) is 3. The van der Waals surface area contributed by atoms with Crippen LogP contribution in [0.15, 0.2) is 92.7 Å². The maximum absolute atomic E-state index is 13.2. The largest absolute Gasteiger partial charge is 0.323 e. The lowest BCUT2D eigenvalue weighted by molar-refractivity contribution is -0.114. The number of anilines is 2. The molecule has 0 aliphatic carbocycles. The van der Waals surface area contributed by atoms with Crippen LogP contribution in [0.2, 0.25) is 0 Å². The number of rotatable bonds is 6. The van der Waals surface area contributed by atoms with Crippen molar-refractivity contribution in [2.24, 2.45) is 0 Å². The summed E-state index contributed by atoms with van der Waals surface area (Å²) in [5, 5.41) is 2.74. The Labute approximate surface area is 180 Å². The molecule has 5 nitrogen and oxygen atoms in total. The average Bonchev–Trinajstić information content (AvgIpc) is 2.69. The fourth-order valence-corrected chi connectivity index (χ4v) is 4.62. The molecular formula is C20H16Br2N2O3S. The standard InChI is InChI=1S/C20H16Br2N2O3S/c21-15-10-12-16(13-11-15)24(28(26,27)17-6-2-1-3-7-17)14-20(25)23-19-9-5-4-8-18(19)22/h1-13H,14H2,(H,23,25). The van der Waals surface area contributed by atoms with E-state index in [1.54, 1.807) is 60.7 Å². The molecule has 8 heteroatoms. The van der Waals surface area contributed by atoms with Crippen LogP contribution in [0.1, 0.15) is 0 Å². The monoisotopic (exact) mass is 522 g/mol. The predicted molar refractivity (Wildman–Crippen MR) is 118 cm³/mol. The molecule has 1 amide bonds. The summed E-state index contributed by atoms with van der Waals surface area (Å²) in [7, 11) is -3.92. The Morgan fingerprint density at radius 1 is 0.857 bits per heavy atom. The van der Waals surface area contributed by atoms with Crippen molar-refractivity contribution < 1.29 is 13.2 Å². The fourth-order valence-electron chi connectivity index (χ4n) is 2.52. The maximum atomic E-state index is 13.2. The first kappa shape index (κ1) is 20.6. The highest BCUT2D eigenvalue weighted by atomic mass is 79.9. The van der Waals surface area contributed by atoms with Crippen molar-refractivity contribution in [3.63, 3.8) is 0 Å².